The summed E-state index contributed by atoms with van der Waals surface area (Å²) in [6, 6.07) is 0. The highest BCUT2D eigenvalue weighted by molar-refractivity contribution is 6.83. The third kappa shape index (κ3) is 4.34. The summed E-state index contributed by atoms with van der Waals surface area (Å²) in [6.45, 7) is 18.2. The molecule has 1 aliphatic heterocycles. The molecule has 0 aromatic carbocycles. The highest BCUT2D eigenvalue weighted by atomic mass is 28.3. The molecule has 1 fully saturated rings. The standard InChI is InChI=1S/C16H26O2Si/c1-8-11-16(12-9-2)14(10-13-19(5,6)7)17-15(3,4)18-16/h8-9,14H,1-2,11-12H2,3-7H3/t14-/m1/s1. The van der Waals surface area contributed by atoms with Crippen molar-refractivity contribution in [3.8, 4) is 11.5 Å². The minimum atomic E-state index is -1.43. The fourth-order valence-corrected chi connectivity index (χ4v) is 2.83. The van der Waals surface area contributed by atoms with E-state index in [1.165, 1.54) is 0 Å². The van der Waals surface area contributed by atoms with Crippen LogP contribution in [0.1, 0.15) is 26.7 Å². The first-order valence-electron chi connectivity index (χ1n) is 6.77. The Balaban J connectivity index is 3.11. The predicted molar refractivity (Wildman–Crippen MR) is 83.5 cm³/mol. The zero-order valence-electron chi connectivity index (χ0n) is 12.9. The van der Waals surface area contributed by atoms with E-state index in [1.807, 2.05) is 26.0 Å². The van der Waals surface area contributed by atoms with Crippen molar-refractivity contribution in [3.05, 3.63) is 25.3 Å². The lowest BCUT2D eigenvalue weighted by Crippen LogP contribution is -2.39. The number of rotatable bonds is 4. The fraction of sp³-hybridized carbons (Fsp3) is 0.625. The van der Waals surface area contributed by atoms with Crippen molar-refractivity contribution in [2.75, 3.05) is 0 Å². The third-order valence-corrected chi connectivity index (χ3v) is 3.78. The largest absolute Gasteiger partial charge is 0.340 e. The van der Waals surface area contributed by atoms with E-state index in [4.69, 9.17) is 9.47 Å². The van der Waals surface area contributed by atoms with Gasteiger partial charge < -0.3 is 9.47 Å². The summed E-state index contributed by atoms with van der Waals surface area (Å²) in [5.74, 6) is 2.70. The molecule has 0 spiro atoms. The molecule has 0 aromatic rings. The summed E-state index contributed by atoms with van der Waals surface area (Å²) < 4.78 is 12.1. The van der Waals surface area contributed by atoms with Gasteiger partial charge in [-0.1, -0.05) is 37.7 Å². The lowest BCUT2D eigenvalue weighted by atomic mass is 9.89. The van der Waals surface area contributed by atoms with Crippen molar-refractivity contribution in [1.82, 2.24) is 0 Å². The minimum Gasteiger partial charge on any atom is -0.340 e. The van der Waals surface area contributed by atoms with Gasteiger partial charge in [0.15, 0.2) is 11.9 Å². The van der Waals surface area contributed by atoms with Gasteiger partial charge >= 0.3 is 0 Å². The minimum absolute atomic E-state index is 0.217. The Morgan fingerprint density at radius 1 is 1.16 bits per heavy atom. The monoisotopic (exact) mass is 278 g/mol. The maximum atomic E-state index is 6.14. The molecular formula is C16H26O2Si. The smallest absolute Gasteiger partial charge is 0.165 e. The number of hydrogen-bond acceptors (Lipinski definition) is 2. The van der Waals surface area contributed by atoms with Crippen molar-refractivity contribution in [2.24, 2.45) is 0 Å². The normalized spacial score (nSPS) is 24.4. The van der Waals surface area contributed by atoms with E-state index in [-0.39, 0.29) is 6.10 Å². The van der Waals surface area contributed by atoms with Gasteiger partial charge in [-0.2, -0.15) is 0 Å². The van der Waals surface area contributed by atoms with Crippen LogP contribution < -0.4 is 0 Å². The molecule has 0 N–H and O–H groups in total. The molecule has 0 unspecified atom stereocenters. The fourth-order valence-electron chi connectivity index (χ4n) is 2.27. The van der Waals surface area contributed by atoms with Gasteiger partial charge in [0.25, 0.3) is 0 Å². The average molecular weight is 278 g/mol. The van der Waals surface area contributed by atoms with Gasteiger partial charge in [-0.05, 0) is 26.7 Å². The first kappa shape index (κ1) is 16.2. The SMILES string of the molecule is C=CCC1(CC=C)OC(C)(C)O[C@@H]1C#C[Si](C)(C)C. The summed E-state index contributed by atoms with van der Waals surface area (Å²) in [6.07, 6.45) is 4.96. The van der Waals surface area contributed by atoms with Gasteiger partial charge in [-0.25, -0.2) is 0 Å². The Bertz CT molecular complexity index is 397. The van der Waals surface area contributed by atoms with Crippen LogP contribution in [0.3, 0.4) is 0 Å². The number of hydrogen-bond donors (Lipinski definition) is 0. The van der Waals surface area contributed by atoms with Crippen LogP contribution in [0.4, 0.5) is 0 Å². The molecule has 1 rings (SSSR count). The molecule has 1 saturated heterocycles. The molecule has 3 heteroatoms. The summed E-state index contributed by atoms with van der Waals surface area (Å²) in [7, 11) is -1.43. The third-order valence-electron chi connectivity index (χ3n) is 2.89. The molecule has 0 aromatic heterocycles. The molecule has 1 atom stereocenters. The van der Waals surface area contributed by atoms with Crippen LogP contribution in [-0.4, -0.2) is 25.6 Å². The van der Waals surface area contributed by atoms with E-state index in [9.17, 15) is 0 Å². The van der Waals surface area contributed by atoms with Crippen molar-refractivity contribution in [1.29, 1.82) is 0 Å². The van der Waals surface area contributed by atoms with E-state index in [2.05, 4.69) is 44.3 Å². The summed E-state index contributed by atoms with van der Waals surface area (Å²) in [5.41, 5.74) is 2.94. The lowest BCUT2D eigenvalue weighted by molar-refractivity contribution is -0.160. The molecule has 1 heterocycles. The van der Waals surface area contributed by atoms with Crippen LogP contribution in [0.5, 0.6) is 0 Å². The van der Waals surface area contributed by atoms with Crippen LogP contribution in [0.25, 0.3) is 0 Å². The Labute approximate surface area is 118 Å². The highest BCUT2D eigenvalue weighted by Crippen LogP contribution is 2.41. The van der Waals surface area contributed by atoms with E-state index >= 15 is 0 Å². The summed E-state index contributed by atoms with van der Waals surface area (Å²) >= 11 is 0. The molecule has 0 aliphatic carbocycles. The average Bonchev–Trinajstić information content (AvgIpc) is 2.47. The molecule has 1 aliphatic rings. The first-order chi connectivity index (χ1) is 8.64. The zero-order valence-corrected chi connectivity index (χ0v) is 13.9. The van der Waals surface area contributed by atoms with Gasteiger partial charge in [0.1, 0.15) is 13.7 Å². The Morgan fingerprint density at radius 3 is 2.11 bits per heavy atom. The van der Waals surface area contributed by atoms with Crippen LogP contribution in [0.2, 0.25) is 19.6 Å². The Hall–Kier alpha value is -0.823. The maximum absolute atomic E-state index is 6.14. The second kappa shape index (κ2) is 5.66. The summed E-state index contributed by atoms with van der Waals surface area (Å²) in [5, 5.41) is 0. The zero-order chi connectivity index (χ0) is 14.7. The quantitative estimate of drug-likeness (QED) is 0.441. The molecule has 0 bridgehead atoms. The van der Waals surface area contributed by atoms with Crippen LogP contribution in [0.15, 0.2) is 25.3 Å². The van der Waals surface area contributed by atoms with Gasteiger partial charge in [0, 0.05) is 0 Å². The topological polar surface area (TPSA) is 18.5 Å². The van der Waals surface area contributed by atoms with Gasteiger partial charge in [0.05, 0.1) is 0 Å². The van der Waals surface area contributed by atoms with Crippen LogP contribution in [-0.2, 0) is 9.47 Å². The molecule has 0 amide bonds. The lowest BCUT2D eigenvalue weighted by Gasteiger charge is -2.29. The van der Waals surface area contributed by atoms with Crippen LogP contribution in [0, 0.1) is 11.5 Å². The summed E-state index contributed by atoms with van der Waals surface area (Å²) in [4.78, 5) is 0. The van der Waals surface area contributed by atoms with Crippen molar-refractivity contribution in [2.45, 2.75) is 63.8 Å². The molecule has 0 saturated carbocycles. The molecule has 19 heavy (non-hydrogen) atoms. The van der Waals surface area contributed by atoms with E-state index in [0.29, 0.717) is 12.8 Å². The Morgan fingerprint density at radius 2 is 1.68 bits per heavy atom. The number of ether oxygens (including phenoxy) is 2. The van der Waals surface area contributed by atoms with Crippen LogP contribution >= 0.6 is 0 Å². The van der Waals surface area contributed by atoms with E-state index in [0.717, 1.165) is 0 Å². The van der Waals surface area contributed by atoms with E-state index < -0.39 is 19.5 Å². The second-order valence-corrected chi connectivity index (χ2v) is 11.3. The molecule has 106 valence electrons. The first-order valence-corrected chi connectivity index (χ1v) is 10.3. The van der Waals surface area contributed by atoms with Crippen molar-refractivity contribution >= 4 is 8.07 Å². The molecule has 2 nitrogen and oxygen atoms in total. The van der Waals surface area contributed by atoms with Gasteiger partial charge in [-0.3, -0.25) is 0 Å². The second-order valence-electron chi connectivity index (χ2n) is 6.57. The molecular weight excluding hydrogens is 252 g/mol. The van der Waals surface area contributed by atoms with Gasteiger partial charge in [0.2, 0.25) is 0 Å². The van der Waals surface area contributed by atoms with E-state index in [1.54, 1.807) is 0 Å². The Kier molecular flexibility index (Phi) is 4.84. The highest BCUT2D eigenvalue weighted by Gasteiger charge is 2.51. The van der Waals surface area contributed by atoms with Crippen molar-refractivity contribution in [3.63, 3.8) is 0 Å². The molecule has 0 radical (unpaired) electrons. The maximum Gasteiger partial charge on any atom is 0.165 e. The van der Waals surface area contributed by atoms with Crippen molar-refractivity contribution < 1.29 is 9.47 Å². The van der Waals surface area contributed by atoms with Gasteiger partial charge in [-0.15, -0.1) is 18.7 Å². The predicted octanol–water partition coefficient (Wildman–Crippen LogP) is 3.91.